The largest absolute Gasteiger partial charge is 0.493 e. The van der Waals surface area contributed by atoms with Crippen molar-refractivity contribution < 1.29 is 33.9 Å². The van der Waals surface area contributed by atoms with Gasteiger partial charge in [-0.15, -0.1) is 0 Å². The number of hydrogen-bond acceptors (Lipinski definition) is 11. The molecular weight excluding hydrogens is 460 g/mol. The fourth-order valence-electron chi connectivity index (χ4n) is 2.76. The van der Waals surface area contributed by atoms with Crippen LogP contribution in [0.15, 0.2) is 54.6 Å². The smallest absolute Gasteiger partial charge is 0.318 e. The highest BCUT2D eigenvalue weighted by Crippen LogP contribution is 2.46. The van der Waals surface area contributed by atoms with Crippen molar-refractivity contribution in [2.24, 2.45) is 0 Å². The lowest BCUT2D eigenvalue weighted by atomic mass is 10.2. The molecule has 0 saturated carbocycles. The van der Waals surface area contributed by atoms with E-state index in [1.807, 2.05) is 0 Å². The number of ether oxygens (including phenoxy) is 3. The van der Waals surface area contributed by atoms with Crippen LogP contribution in [-0.4, -0.2) is 26.8 Å². The molecule has 3 aromatic rings. The lowest BCUT2D eigenvalue weighted by Crippen LogP contribution is -2.00. The standard InChI is InChI=1S/C19H12N4O11/c1-32-17-3-2-4-18(33-15-7-5-11(20(24)25)9-13(15)22(28)29)19(17)34-16-8-6-12(21(26)27)10-14(16)23(30)31/h2-10H,1H3. The summed E-state index contributed by atoms with van der Waals surface area (Å²) in [5.41, 5.74) is -2.53. The number of methoxy groups -OCH3 is 1. The van der Waals surface area contributed by atoms with Gasteiger partial charge in [0.25, 0.3) is 11.4 Å². The summed E-state index contributed by atoms with van der Waals surface area (Å²) in [5.74, 6) is -1.21. The van der Waals surface area contributed by atoms with Gasteiger partial charge in [-0.1, -0.05) is 6.07 Å². The normalized spacial score (nSPS) is 10.3. The Morgan fingerprint density at radius 2 is 1.06 bits per heavy atom. The SMILES string of the molecule is COc1cccc(Oc2ccc([N+](=O)[O-])cc2[N+](=O)[O-])c1Oc1ccc([N+](=O)[O-])cc1[N+](=O)[O-]. The number of para-hydroxylation sites is 1. The first-order chi connectivity index (χ1) is 16.1. The van der Waals surface area contributed by atoms with Gasteiger partial charge in [-0.05, 0) is 24.3 Å². The van der Waals surface area contributed by atoms with Crippen molar-refractivity contribution in [1.29, 1.82) is 0 Å². The van der Waals surface area contributed by atoms with Crippen molar-refractivity contribution in [3.63, 3.8) is 0 Å². The Morgan fingerprint density at radius 1 is 0.588 bits per heavy atom. The number of nitro benzene ring substituents is 4. The maximum Gasteiger partial charge on any atom is 0.318 e. The first kappa shape index (κ1) is 23.3. The summed E-state index contributed by atoms with van der Waals surface area (Å²) in [4.78, 5) is 41.3. The van der Waals surface area contributed by atoms with Gasteiger partial charge < -0.3 is 14.2 Å². The van der Waals surface area contributed by atoms with E-state index in [2.05, 4.69) is 0 Å². The van der Waals surface area contributed by atoms with Crippen LogP contribution in [-0.2, 0) is 0 Å². The van der Waals surface area contributed by atoms with E-state index in [1.165, 1.54) is 25.3 Å². The number of benzene rings is 3. The molecule has 0 saturated heterocycles. The summed E-state index contributed by atoms with van der Waals surface area (Å²) in [6, 6.07) is 9.54. The van der Waals surface area contributed by atoms with Gasteiger partial charge in [0.2, 0.25) is 17.2 Å². The van der Waals surface area contributed by atoms with E-state index >= 15 is 0 Å². The molecule has 0 spiro atoms. The van der Waals surface area contributed by atoms with Crippen LogP contribution in [0.5, 0.6) is 28.7 Å². The number of nitrogens with zero attached hydrogens (tertiary/aromatic N) is 4. The molecule has 0 amide bonds. The van der Waals surface area contributed by atoms with E-state index < -0.39 is 48.2 Å². The summed E-state index contributed by atoms with van der Waals surface area (Å²) in [7, 11) is 1.25. The minimum absolute atomic E-state index is 0.00900. The van der Waals surface area contributed by atoms with Gasteiger partial charge in [-0.25, -0.2) is 0 Å². The molecule has 0 heterocycles. The second kappa shape index (κ2) is 9.43. The fraction of sp³-hybridized carbons (Fsp3) is 0.0526. The van der Waals surface area contributed by atoms with Crippen molar-refractivity contribution in [2.75, 3.05) is 7.11 Å². The van der Waals surface area contributed by atoms with Crippen molar-refractivity contribution in [2.45, 2.75) is 0 Å². The zero-order valence-electron chi connectivity index (χ0n) is 17.0. The number of non-ortho nitro benzene ring substituents is 2. The molecule has 34 heavy (non-hydrogen) atoms. The van der Waals surface area contributed by atoms with Crippen molar-refractivity contribution in [3.8, 4) is 28.7 Å². The molecule has 15 heteroatoms. The van der Waals surface area contributed by atoms with E-state index in [4.69, 9.17) is 14.2 Å². The second-order valence-electron chi connectivity index (χ2n) is 6.32. The third kappa shape index (κ3) is 4.77. The summed E-state index contributed by atoms with van der Waals surface area (Å²) in [6.07, 6.45) is 0. The molecule has 3 aromatic carbocycles. The Bertz CT molecular complexity index is 1330. The van der Waals surface area contributed by atoms with Gasteiger partial charge in [0, 0.05) is 12.1 Å². The van der Waals surface area contributed by atoms with Crippen LogP contribution < -0.4 is 14.2 Å². The molecule has 174 valence electrons. The monoisotopic (exact) mass is 472 g/mol. The maximum absolute atomic E-state index is 11.4. The molecule has 0 bridgehead atoms. The minimum Gasteiger partial charge on any atom is -0.493 e. The summed E-state index contributed by atoms with van der Waals surface area (Å²) in [5, 5.41) is 44.8. The van der Waals surface area contributed by atoms with Gasteiger partial charge in [0.05, 0.1) is 38.9 Å². The third-order valence-electron chi connectivity index (χ3n) is 4.29. The lowest BCUT2D eigenvalue weighted by Gasteiger charge is -2.15. The molecule has 0 radical (unpaired) electrons. The molecule has 3 rings (SSSR count). The van der Waals surface area contributed by atoms with Gasteiger partial charge >= 0.3 is 11.4 Å². The summed E-state index contributed by atoms with van der Waals surface area (Å²) >= 11 is 0. The minimum atomic E-state index is -0.889. The van der Waals surface area contributed by atoms with Gasteiger partial charge in [0.15, 0.2) is 11.5 Å². The highest BCUT2D eigenvalue weighted by Gasteiger charge is 2.26. The fourth-order valence-corrected chi connectivity index (χ4v) is 2.76. The van der Waals surface area contributed by atoms with Crippen LogP contribution in [0.3, 0.4) is 0 Å². The Kier molecular flexibility index (Phi) is 6.47. The van der Waals surface area contributed by atoms with Gasteiger partial charge in [-0.3, -0.25) is 40.5 Å². The number of nitro groups is 4. The predicted molar refractivity (Wildman–Crippen MR) is 113 cm³/mol. The second-order valence-corrected chi connectivity index (χ2v) is 6.32. The summed E-state index contributed by atoms with van der Waals surface area (Å²) < 4.78 is 16.3. The lowest BCUT2D eigenvalue weighted by molar-refractivity contribution is -0.394. The third-order valence-corrected chi connectivity index (χ3v) is 4.29. The molecule has 0 aromatic heterocycles. The van der Waals surface area contributed by atoms with Crippen LogP contribution in [0.2, 0.25) is 0 Å². The molecule has 0 aliphatic rings. The Labute approximate surface area is 188 Å². The molecule has 0 aliphatic carbocycles. The van der Waals surface area contributed by atoms with E-state index in [0.717, 1.165) is 24.3 Å². The van der Waals surface area contributed by atoms with E-state index in [1.54, 1.807) is 0 Å². The topological polar surface area (TPSA) is 200 Å². The zero-order chi connectivity index (χ0) is 25.0. The number of rotatable bonds is 9. The highest BCUT2D eigenvalue weighted by molar-refractivity contribution is 5.61. The Balaban J connectivity index is 2.10. The average Bonchev–Trinajstić information content (AvgIpc) is 2.79. The van der Waals surface area contributed by atoms with Crippen LogP contribution in [0.1, 0.15) is 0 Å². The van der Waals surface area contributed by atoms with Crippen molar-refractivity contribution >= 4 is 22.7 Å². The molecule has 0 aliphatic heterocycles. The Morgan fingerprint density at radius 3 is 1.50 bits per heavy atom. The quantitative estimate of drug-likeness (QED) is 0.302. The average molecular weight is 472 g/mol. The first-order valence-electron chi connectivity index (χ1n) is 9.00. The first-order valence-corrected chi connectivity index (χ1v) is 9.00. The molecule has 0 unspecified atom stereocenters. The molecular formula is C19H12N4O11. The Hall–Kier alpha value is -5.34. The summed E-state index contributed by atoms with van der Waals surface area (Å²) in [6.45, 7) is 0. The van der Waals surface area contributed by atoms with Crippen LogP contribution in [0.4, 0.5) is 22.7 Å². The highest BCUT2D eigenvalue weighted by atomic mass is 16.6. The van der Waals surface area contributed by atoms with Crippen molar-refractivity contribution in [3.05, 3.63) is 95.1 Å². The molecule has 0 fully saturated rings. The van der Waals surface area contributed by atoms with E-state index in [9.17, 15) is 40.5 Å². The number of hydrogen-bond donors (Lipinski definition) is 0. The molecule has 0 atom stereocenters. The van der Waals surface area contributed by atoms with E-state index in [0.29, 0.717) is 12.1 Å². The molecule has 15 nitrogen and oxygen atoms in total. The van der Waals surface area contributed by atoms with Gasteiger partial charge in [0.1, 0.15) is 0 Å². The predicted octanol–water partition coefficient (Wildman–Crippen LogP) is 4.91. The van der Waals surface area contributed by atoms with Crippen molar-refractivity contribution in [1.82, 2.24) is 0 Å². The molecule has 0 N–H and O–H groups in total. The van der Waals surface area contributed by atoms with Crippen LogP contribution >= 0.6 is 0 Å². The van der Waals surface area contributed by atoms with Crippen LogP contribution in [0.25, 0.3) is 0 Å². The maximum atomic E-state index is 11.4. The zero-order valence-corrected chi connectivity index (χ0v) is 17.0. The van der Waals surface area contributed by atoms with Gasteiger partial charge in [-0.2, -0.15) is 0 Å². The van der Waals surface area contributed by atoms with E-state index in [-0.39, 0.29) is 23.0 Å². The van der Waals surface area contributed by atoms with Crippen LogP contribution in [0, 0.1) is 40.5 Å².